The van der Waals surface area contributed by atoms with Crippen molar-refractivity contribution >= 4 is 12.6 Å². The summed E-state index contributed by atoms with van der Waals surface area (Å²) in [4.78, 5) is 0. The Balaban J connectivity index is 0.000000173. The van der Waals surface area contributed by atoms with E-state index < -0.39 is 0 Å². The number of phenols is 1. The van der Waals surface area contributed by atoms with Crippen LogP contribution in [-0.2, 0) is 0 Å². The standard InChI is InChI=1S/C12H10O.C5H5NOS/c13-12-9-5-4-8-11(12)10-6-2-1-3-7-10;7-6-4-2-1-3-5(6)8/h1-9,13H;1-4,8H. The normalized spacial score (nSPS) is 9.57. The third kappa shape index (κ3) is 4.26. The summed E-state index contributed by atoms with van der Waals surface area (Å²) in [5.74, 6) is 0.328. The molecule has 1 aromatic heterocycles. The van der Waals surface area contributed by atoms with Crippen molar-refractivity contribution in [1.82, 2.24) is 0 Å². The fourth-order valence-corrected chi connectivity index (χ4v) is 1.91. The number of para-hydroxylation sites is 1. The summed E-state index contributed by atoms with van der Waals surface area (Å²) < 4.78 is 0.698. The van der Waals surface area contributed by atoms with Crippen LogP contribution in [0, 0.1) is 5.21 Å². The van der Waals surface area contributed by atoms with E-state index in [0.717, 1.165) is 11.1 Å². The molecule has 0 atom stereocenters. The molecule has 0 bridgehead atoms. The van der Waals surface area contributed by atoms with E-state index in [9.17, 15) is 10.3 Å². The summed E-state index contributed by atoms with van der Waals surface area (Å²) in [6.07, 6.45) is 1.41. The maximum absolute atomic E-state index is 10.5. The third-order valence-electron chi connectivity index (χ3n) is 2.79. The van der Waals surface area contributed by atoms with Crippen LogP contribution in [-0.4, -0.2) is 5.11 Å². The smallest absolute Gasteiger partial charge is 0.248 e. The van der Waals surface area contributed by atoms with E-state index in [-0.39, 0.29) is 0 Å². The SMILES string of the molecule is Oc1ccccc1-c1ccccc1.[O-][n+]1ccccc1S. The molecule has 0 unspecified atom stereocenters. The molecule has 3 nitrogen and oxygen atoms in total. The zero-order valence-corrected chi connectivity index (χ0v) is 12.1. The van der Waals surface area contributed by atoms with Crippen molar-refractivity contribution in [2.45, 2.75) is 5.03 Å². The van der Waals surface area contributed by atoms with Crippen molar-refractivity contribution in [2.24, 2.45) is 0 Å². The third-order valence-corrected chi connectivity index (χ3v) is 3.14. The zero-order chi connectivity index (χ0) is 15.1. The Bertz CT molecular complexity index is 681. The quantitative estimate of drug-likeness (QED) is 0.409. The summed E-state index contributed by atoms with van der Waals surface area (Å²) in [6, 6.07) is 22.2. The Labute approximate surface area is 129 Å². The average molecular weight is 297 g/mol. The fraction of sp³-hybridized carbons (Fsp3) is 0. The lowest BCUT2D eigenvalue weighted by molar-refractivity contribution is -0.645. The first-order chi connectivity index (χ1) is 10.2. The number of aromatic nitrogens is 1. The van der Waals surface area contributed by atoms with Crippen molar-refractivity contribution < 1.29 is 9.84 Å². The second kappa shape index (κ2) is 7.36. The minimum Gasteiger partial charge on any atom is -0.618 e. The Hall–Kier alpha value is -2.46. The second-order valence-electron chi connectivity index (χ2n) is 4.27. The molecule has 3 aromatic rings. The van der Waals surface area contributed by atoms with Crippen LogP contribution in [0.3, 0.4) is 0 Å². The number of phenolic OH excluding ortho intramolecular Hbond substituents is 1. The minimum absolute atomic E-state index is 0.328. The van der Waals surface area contributed by atoms with E-state index in [1.807, 2.05) is 48.5 Å². The molecule has 0 radical (unpaired) electrons. The van der Waals surface area contributed by atoms with Gasteiger partial charge >= 0.3 is 0 Å². The van der Waals surface area contributed by atoms with Gasteiger partial charge in [0, 0.05) is 17.7 Å². The molecule has 0 aliphatic heterocycles. The number of hydrogen-bond acceptors (Lipinski definition) is 3. The Kier molecular flexibility index (Phi) is 5.23. The number of hydrogen-bond donors (Lipinski definition) is 2. The number of benzene rings is 2. The van der Waals surface area contributed by atoms with Gasteiger partial charge in [-0.15, -0.1) is 0 Å². The van der Waals surface area contributed by atoms with Gasteiger partial charge in [-0.25, -0.2) is 0 Å². The lowest BCUT2D eigenvalue weighted by Crippen LogP contribution is -2.26. The maximum atomic E-state index is 10.5. The van der Waals surface area contributed by atoms with Crippen LogP contribution in [0.25, 0.3) is 11.1 Å². The molecule has 2 aromatic carbocycles. The van der Waals surface area contributed by atoms with Gasteiger partial charge < -0.3 is 10.3 Å². The van der Waals surface area contributed by atoms with Crippen molar-refractivity contribution in [3.63, 3.8) is 0 Å². The molecule has 0 fully saturated rings. The fourth-order valence-electron chi connectivity index (χ4n) is 1.75. The highest BCUT2D eigenvalue weighted by molar-refractivity contribution is 7.80. The van der Waals surface area contributed by atoms with Crippen LogP contribution in [0.15, 0.2) is 84.0 Å². The predicted octanol–water partition coefficient (Wildman–Crippen LogP) is 3.67. The highest BCUT2D eigenvalue weighted by Crippen LogP contribution is 2.27. The summed E-state index contributed by atoms with van der Waals surface area (Å²) in [7, 11) is 0. The van der Waals surface area contributed by atoms with Gasteiger partial charge in [0.15, 0.2) is 6.20 Å². The van der Waals surface area contributed by atoms with Crippen LogP contribution in [0.1, 0.15) is 0 Å². The molecular weight excluding hydrogens is 282 g/mol. The highest BCUT2D eigenvalue weighted by atomic mass is 32.1. The largest absolute Gasteiger partial charge is 0.618 e. The van der Waals surface area contributed by atoms with Crippen molar-refractivity contribution in [2.75, 3.05) is 0 Å². The molecular formula is C17H15NO2S. The lowest BCUT2D eigenvalue weighted by atomic mass is 10.1. The van der Waals surface area contributed by atoms with Gasteiger partial charge in [-0.05, 0) is 17.7 Å². The number of aromatic hydroxyl groups is 1. The number of nitrogens with zero attached hydrogens (tertiary/aromatic N) is 1. The van der Waals surface area contributed by atoms with Crippen LogP contribution in [0.5, 0.6) is 5.75 Å². The number of thiol groups is 1. The Morgan fingerprint density at radius 3 is 2.00 bits per heavy atom. The van der Waals surface area contributed by atoms with Gasteiger partial charge in [0.25, 0.3) is 0 Å². The first kappa shape index (κ1) is 14.9. The van der Waals surface area contributed by atoms with E-state index in [1.165, 1.54) is 6.20 Å². The van der Waals surface area contributed by atoms with E-state index in [2.05, 4.69) is 12.6 Å². The molecule has 106 valence electrons. The molecule has 21 heavy (non-hydrogen) atoms. The maximum Gasteiger partial charge on any atom is 0.248 e. The lowest BCUT2D eigenvalue weighted by Gasteiger charge is -2.02. The average Bonchev–Trinajstić information content (AvgIpc) is 2.52. The molecule has 0 aliphatic carbocycles. The Morgan fingerprint density at radius 1 is 0.810 bits per heavy atom. The summed E-state index contributed by atoms with van der Waals surface area (Å²) in [5.41, 5.74) is 1.92. The number of rotatable bonds is 1. The summed E-state index contributed by atoms with van der Waals surface area (Å²) in [6.45, 7) is 0. The number of pyridine rings is 1. The zero-order valence-electron chi connectivity index (χ0n) is 11.3. The van der Waals surface area contributed by atoms with Crippen LogP contribution >= 0.6 is 12.6 Å². The van der Waals surface area contributed by atoms with Crippen molar-refractivity contribution in [3.8, 4) is 16.9 Å². The van der Waals surface area contributed by atoms with Gasteiger partial charge in [0.1, 0.15) is 5.75 Å². The first-order valence-electron chi connectivity index (χ1n) is 6.39. The van der Waals surface area contributed by atoms with Gasteiger partial charge in [0.2, 0.25) is 5.03 Å². The molecule has 1 N–H and O–H groups in total. The summed E-state index contributed by atoms with van der Waals surface area (Å²) in [5, 5.41) is 20.4. The van der Waals surface area contributed by atoms with E-state index in [4.69, 9.17) is 0 Å². The molecule has 0 spiro atoms. The predicted molar refractivity (Wildman–Crippen MR) is 86.2 cm³/mol. The molecule has 0 aliphatic rings. The summed E-state index contributed by atoms with van der Waals surface area (Å²) >= 11 is 3.85. The first-order valence-corrected chi connectivity index (χ1v) is 6.84. The highest BCUT2D eigenvalue weighted by Gasteiger charge is 2.00. The Morgan fingerprint density at radius 2 is 1.43 bits per heavy atom. The molecule has 0 amide bonds. The molecule has 0 saturated heterocycles. The van der Waals surface area contributed by atoms with Gasteiger partial charge in [-0.2, -0.15) is 4.73 Å². The monoisotopic (exact) mass is 297 g/mol. The van der Waals surface area contributed by atoms with Crippen LogP contribution in [0.2, 0.25) is 0 Å². The molecule has 4 heteroatoms. The second-order valence-corrected chi connectivity index (χ2v) is 4.73. The van der Waals surface area contributed by atoms with E-state index in [1.54, 1.807) is 24.3 Å². The van der Waals surface area contributed by atoms with Crippen molar-refractivity contribution in [1.29, 1.82) is 0 Å². The van der Waals surface area contributed by atoms with Crippen molar-refractivity contribution in [3.05, 3.63) is 84.2 Å². The topological polar surface area (TPSA) is 47.2 Å². The molecule has 3 rings (SSSR count). The van der Waals surface area contributed by atoms with E-state index in [0.29, 0.717) is 15.5 Å². The van der Waals surface area contributed by atoms with Gasteiger partial charge in [0.05, 0.1) is 0 Å². The molecule has 1 heterocycles. The van der Waals surface area contributed by atoms with E-state index >= 15 is 0 Å². The molecule has 0 saturated carbocycles. The minimum atomic E-state index is 0.328. The van der Waals surface area contributed by atoms with Crippen LogP contribution in [0.4, 0.5) is 0 Å². The van der Waals surface area contributed by atoms with Gasteiger partial charge in [-0.3, -0.25) is 0 Å². The van der Waals surface area contributed by atoms with Gasteiger partial charge in [-0.1, -0.05) is 61.2 Å². The van der Waals surface area contributed by atoms with Crippen LogP contribution < -0.4 is 4.73 Å².